The van der Waals surface area contributed by atoms with Gasteiger partial charge in [0, 0.05) is 25.7 Å². The summed E-state index contributed by atoms with van der Waals surface area (Å²) in [5.41, 5.74) is 0.511. The molecule has 0 bridgehead atoms. The minimum absolute atomic E-state index is 0.0717. The molecule has 1 aromatic carbocycles. The van der Waals surface area contributed by atoms with Crippen molar-refractivity contribution in [2.24, 2.45) is 0 Å². The second kappa shape index (κ2) is 6.94. The highest BCUT2D eigenvalue weighted by molar-refractivity contribution is 6.33. The number of nitro benzene ring substituents is 1. The van der Waals surface area contributed by atoms with E-state index >= 15 is 0 Å². The van der Waals surface area contributed by atoms with Crippen LogP contribution in [0, 0.1) is 10.1 Å². The molecule has 104 valence electrons. The van der Waals surface area contributed by atoms with Gasteiger partial charge in [0.25, 0.3) is 5.69 Å². The predicted octanol–water partition coefficient (Wildman–Crippen LogP) is 2.21. The van der Waals surface area contributed by atoms with Crippen LogP contribution in [0.3, 0.4) is 0 Å². The van der Waals surface area contributed by atoms with Gasteiger partial charge < -0.3 is 10.2 Å². The fourth-order valence-electron chi connectivity index (χ4n) is 1.54. The van der Waals surface area contributed by atoms with Crippen molar-refractivity contribution in [2.75, 3.05) is 25.0 Å². The van der Waals surface area contributed by atoms with Crippen LogP contribution in [-0.4, -0.2) is 31.0 Å². The van der Waals surface area contributed by atoms with Gasteiger partial charge in [0.1, 0.15) is 0 Å². The van der Waals surface area contributed by atoms with E-state index in [1.165, 1.54) is 18.2 Å². The number of benzene rings is 1. The number of nitro groups is 1. The molecular weight excluding hydrogens is 270 g/mol. The van der Waals surface area contributed by atoms with Crippen LogP contribution in [0.2, 0.25) is 5.02 Å². The fraction of sp³-hybridized carbons (Fsp3) is 0.417. The molecule has 0 spiro atoms. The molecule has 0 heterocycles. The average Bonchev–Trinajstić information content (AvgIpc) is 2.35. The lowest BCUT2D eigenvalue weighted by Crippen LogP contribution is -2.35. The standard InChI is InChI=1S/C12H16ClN3O3/c1-3-6-14-12(17)8-15(2)11-5-4-9(16(18)19)7-10(11)13/h4-5,7H,3,6,8H2,1-2H3,(H,14,17). The van der Waals surface area contributed by atoms with Crippen molar-refractivity contribution in [3.8, 4) is 0 Å². The van der Waals surface area contributed by atoms with Crippen molar-refractivity contribution >= 4 is 28.9 Å². The van der Waals surface area contributed by atoms with Gasteiger partial charge in [-0.15, -0.1) is 0 Å². The Morgan fingerprint density at radius 3 is 2.74 bits per heavy atom. The van der Waals surface area contributed by atoms with E-state index in [0.29, 0.717) is 12.2 Å². The van der Waals surface area contributed by atoms with E-state index in [1.54, 1.807) is 11.9 Å². The van der Waals surface area contributed by atoms with Gasteiger partial charge in [0.05, 0.1) is 22.2 Å². The van der Waals surface area contributed by atoms with E-state index in [4.69, 9.17) is 11.6 Å². The summed E-state index contributed by atoms with van der Waals surface area (Å²) in [4.78, 5) is 23.3. The fourth-order valence-corrected chi connectivity index (χ4v) is 1.86. The van der Waals surface area contributed by atoms with Crippen LogP contribution in [0.15, 0.2) is 18.2 Å². The average molecular weight is 286 g/mol. The van der Waals surface area contributed by atoms with Crippen LogP contribution in [0.5, 0.6) is 0 Å². The molecule has 0 aliphatic carbocycles. The van der Waals surface area contributed by atoms with Crippen molar-refractivity contribution in [1.82, 2.24) is 5.32 Å². The molecule has 7 heteroatoms. The summed E-state index contributed by atoms with van der Waals surface area (Å²) in [6.07, 6.45) is 0.869. The first kappa shape index (κ1) is 15.2. The van der Waals surface area contributed by atoms with Gasteiger partial charge in [-0.1, -0.05) is 18.5 Å². The van der Waals surface area contributed by atoms with E-state index < -0.39 is 4.92 Å². The molecule has 0 atom stereocenters. The molecule has 0 fully saturated rings. The van der Waals surface area contributed by atoms with Crippen LogP contribution >= 0.6 is 11.6 Å². The number of anilines is 1. The first-order chi connectivity index (χ1) is 8.95. The van der Waals surface area contributed by atoms with Crippen molar-refractivity contribution in [3.63, 3.8) is 0 Å². The van der Waals surface area contributed by atoms with Gasteiger partial charge in [0.15, 0.2) is 0 Å². The monoisotopic (exact) mass is 285 g/mol. The SMILES string of the molecule is CCCNC(=O)CN(C)c1ccc([N+](=O)[O-])cc1Cl. The van der Waals surface area contributed by atoms with Crippen LogP contribution in [0.25, 0.3) is 0 Å². The highest BCUT2D eigenvalue weighted by Gasteiger charge is 2.14. The minimum Gasteiger partial charge on any atom is -0.364 e. The first-order valence-corrected chi connectivity index (χ1v) is 6.25. The molecule has 1 N–H and O–H groups in total. The number of nitrogens with one attached hydrogen (secondary N) is 1. The third kappa shape index (κ3) is 4.40. The van der Waals surface area contributed by atoms with Crippen molar-refractivity contribution in [1.29, 1.82) is 0 Å². The molecule has 0 aliphatic rings. The number of rotatable bonds is 6. The molecule has 1 amide bonds. The third-order valence-electron chi connectivity index (χ3n) is 2.51. The van der Waals surface area contributed by atoms with Gasteiger partial charge in [-0.25, -0.2) is 0 Å². The zero-order valence-electron chi connectivity index (χ0n) is 10.9. The Morgan fingerprint density at radius 1 is 1.53 bits per heavy atom. The number of likely N-dealkylation sites (N-methyl/N-ethyl adjacent to an activating group) is 1. The number of amides is 1. The van der Waals surface area contributed by atoms with Crippen LogP contribution in [-0.2, 0) is 4.79 Å². The Hall–Kier alpha value is -1.82. The van der Waals surface area contributed by atoms with Crippen molar-refractivity contribution in [3.05, 3.63) is 33.3 Å². The summed E-state index contributed by atoms with van der Waals surface area (Å²) in [6, 6.07) is 4.17. The summed E-state index contributed by atoms with van der Waals surface area (Å²) in [5, 5.41) is 13.6. The van der Waals surface area contributed by atoms with E-state index in [2.05, 4.69) is 5.32 Å². The molecule has 6 nitrogen and oxygen atoms in total. The first-order valence-electron chi connectivity index (χ1n) is 5.87. The van der Waals surface area contributed by atoms with E-state index in [-0.39, 0.29) is 23.2 Å². The molecule has 1 rings (SSSR count). The molecule has 0 saturated carbocycles. The number of halogens is 1. The molecule has 1 aromatic rings. The van der Waals surface area contributed by atoms with Gasteiger partial charge in [-0.3, -0.25) is 14.9 Å². The number of non-ortho nitro benzene ring substituents is 1. The zero-order chi connectivity index (χ0) is 14.4. The number of carbonyl (C=O) groups is 1. The maximum absolute atomic E-state index is 11.6. The van der Waals surface area contributed by atoms with E-state index in [1.807, 2.05) is 6.92 Å². The van der Waals surface area contributed by atoms with Crippen molar-refractivity contribution in [2.45, 2.75) is 13.3 Å². The smallest absolute Gasteiger partial charge is 0.271 e. The minimum atomic E-state index is -0.510. The van der Waals surface area contributed by atoms with Crippen LogP contribution in [0.4, 0.5) is 11.4 Å². The second-order valence-electron chi connectivity index (χ2n) is 4.10. The summed E-state index contributed by atoms with van der Waals surface area (Å²) in [6.45, 7) is 2.75. The molecule has 0 aliphatic heterocycles. The molecule has 0 unspecified atom stereocenters. The molecular formula is C12H16ClN3O3. The number of hydrogen-bond acceptors (Lipinski definition) is 4. The number of carbonyl (C=O) groups excluding carboxylic acids is 1. The van der Waals surface area contributed by atoms with E-state index in [9.17, 15) is 14.9 Å². The number of hydrogen-bond donors (Lipinski definition) is 1. The largest absolute Gasteiger partial charge is 0.364 e. The highest BCUT2D eigenvalue weighted by atomic mass is 35.5. The van der Waals surface area contributed by atoms with Gasteiger partial charge in [-0.2, -0.15) is 0 Å². The summed E-state index contributed by atoms with van der Waals surface area (Å²) >= 11 is 5.98. The lowest BCUT2D eigenvalue weighted by molar-refractivity contribution is -0.384. The Labute approximate surface area is 116 Å². The normalized spacial score (nSPS) is 10.1. The lowest BCUT2D eigenvalue weighted by atomic mass is 10.2. The van der Waals surface area contributed by atoms with Gasteiger partial charge in [-0.05, 0) is 12.5 Å². The zero-order valence-corrected chi connectivity index (χ0v) is 11.6. The maximum Gasteiger partial charge on any atom is 0.271 e. The second-order valence-corrected chi connectivity index (χ2v) is 4.51. The Morgan fingerprint density at radius 2 is 2.21 bits per heavy atom. The quantitative estimate of drug-likeness (QED) is 0.642. The Kier molecular flexibility index (Phi) is 5.57. The summed E-state index contributed by atoms with van der Waals surface area (Å²) < 4.78 is 0. The topological polar surface area (TPSA) is 75.5 Å². The summed E-state index contributed by atoms with van der Waals surface area (Å²) in [7, 11) is 1.71. The molecule has 0 aromatic heterocycles. The lowest BCUT2D eigenvalue weighted by Gasteiger charge is -2.19. The van der Waals surface area contributed by atoms with E-state index in [0.717, 1.165) is 6.42 Å². The third-order valence-corrected chi connectivity index (χ3v) is 2.81. The predicted molar refractivity (Wildman–Crippen MR) is 74.7 cm³/mol. The summed E-state index contributed by atoms with van der Waals surface area (Å²) in [5.74, 6) is -0.112. The van der Waals surface area contributed by atoms with Crippen LogP contribution in [0.1, 0.15) is 13.3 Å². The van der Waals surface area contributed by atoms with Gasteiger partial charge in [0.2, 0.25) is 5.91 Å². The Balaban J connectivity index is 2.74. The highest BCUT2D eigenvalue weighted by Crippen LogP contribution is 2.28. The van der Waals surface area contributed by atoms with Crippen LogP contribution < -0.4 is 10.2 Å². The number of nitrogens with zero attached hydrogens (tertiary/aromatic N) is 2. The van der Waals surface area contributed by atoms with Crippen molar-refractivity contribution < 1.29 is 9.72 Å². The molecule has 0 radical (unpaired) electrons. The Bertz CT molecular complexity index is 479. The van der Waals surface area contributed by atoms with Gasteiger partial charge >= 0.3 is 0 Å². The molecule has 0 saturated heterocycles. The maximum atomic E-state index is 11.6. The molecule has 19 heavy (non-hydrogen) atoms.